The van der Waals surface area contributed by atoms with Gasteiger partial charge in [-0.3, -0.25) is 4.79 Å². The highest BCUT2D eigenvalue weighted by Gasteiger charge is 2.12. The third kappa shape index (κ3) is 3.21. The molecule has 1 heterocycles. The number of hydrogen-bond donors (Lipinski definition) is 0. The van der Waals surface area contributed by atoms with Crippen LogP contribution < -0.4 is 0 Å². The average Bonchev–Trinajstić information content (AvgIpc) is 2.67. The summed E-state index contributed by atoms with van der Waals surface area (Å²) in [6.07, 6.45) is 0. The molecule has 0 aliphatic rings. The lowest BCUT2D eigenvalue weighted by Crippen LogP contribution is -2.02. The van der Waals surface area contributed by atoms with Gasteiger partial charge in [-0.15, -0.1) is 23.1 Å². The Labute approximate surface area is 114 Å². The molecule has 4 heteroatoms. The third-order valence-corrected chi connectivity index (χ3v) is 4.50. The Morgan fingerprint density at radius 1 is 1.28 bits per heavy atom. The summed E-state index contributed by atoms with van der Waals surface area (Å²) in [5, 5.41) is 0. The number of thioether (sulfide) groups is 1. The molecule has 0 radical (unpaired) electrons. The first kappa shape index (κ1) is 13.3. The summed E-state index contributed by atoms with van der Waals surface area (Å²) in [4.78, 5) is 15.2. The highest BCUT2D eigenvalue weighted by atomic mass is 32.2. The number of ketones is 1. The van der Waals surface area contributed by atoms with E-state index in [0.717, 1.165) is 20.2 Å². The van der Waals surface area contributed by atoms with Crippen molar-refractivity contribution in [2.24, 2.45) is 0 Å². The number of halogens is 1. The van der Waals surface area contributed by atoms with Gasteiger partial charge in [-0.1, -0.05) is 0 Å². The number of carbonyl (C=O) groups is 1. The fourth-order valence-electron chi connectivity index (χ4n) is 1.67. The third-order valence-electron chi connectivity index (χ3n) is 2.52. The Hall–Kier alpha value is -1.13. The molecule has 2 aromatic rings. The predicted octanol–water partition coefficient (Wildman–Crippen LogP) is 4.48. The first-order chi connectivity index (χ1) is 8.56. The number of thiophene rings is 1. The molecular weight excluding hydrogens is 267 g/mol. The second-order valence-electron chi connectivity index (χ2n) is 3.99. The number of carbonyl (C=O) groups excluding carboxylic acids is 1. The first-order valence-corrected chi connectivity index (χ1v) is 7.35. The van der Waals surface area contributed by atoms with Gasteiger partial charge in [-0.2, -0.15) is 0 Å². The lowest BCUT2D eigenvalue weighted by Gasteiger charge is -2.01. The highest BCUT2D eigenvalue weighted by molar-refractivity contribution is 8.00. The van der Waals surface area contributed by atoms with Crippen molar-refractivity contribution in [1.82, 2.24) is 0 Å². The van der Waals surface area contributed by atoms with Crippen LogP contribution in [0.1, 0.15) is 20.1 Å². The summed E-state index contributed by atoms with van der Waals surface area (Å²) in [7, 11) is 0. The van der Waals surface area contributed by atoms with Crippen LogP contribution in [0.2, 0.25) is 0 Å². The molecule has 0 unspecified atom stereocenters. The Balaban J connectivity index is 2.00. The van der Waals surface area contributed by atoms with Crippen LogP contribution in [0.4, 0.5) is 4.39 Å². The van der Waals surface area contributed by atoms with Gasteiger partial charge >= 0.3 is 0 Å². The van der Waals surface area contributed by atoms with Crippen molar-refractivity contribution in [1.29, 1.82) is 0 Å². The molecule has 0 N–H and O–H groups in total. The van der Waals surface area contributed by atoms with Crippen molar-refractivity contribution in [2.45, 2.75) is 18.7 Å². The van der Waals surface area contributed by atoms with Gasteiger partial charge in [0.1, 0.15) is 5.82 Å². The lowest BCUT2D eigenvalue weighted by atomic mass is 10.2. The second-order valence-corrected chi connectivity index (χ2v) is 6.50. The normalized spacial score (nSPS) is 10.6. The maximum Gasteiger partial charge on any atom is 0.174 e. The summed E-state index contributed by atoms with van der Waals surface area (Å²) in [6.45, 7) is 3.97. The van der Waals surface area contributed by atoms with Crippen molar-refractivity contribution in [2.75, 3.05) is 5.75 Å². The monoisotopic (exact) mass is 280 g/mol. The standard InChI is InChI=1S/C14H13FOS2/c1-9-7-13(10(2)18-9)14(16)8-17-12-5-3-11(15)4-6-12/h3-7H,8H2,1-2H3. The van der Waals surface area contributed by atoms with Gasteiger partial charge in [-0.25, -0.2) is 4.39 Å². The first-order valence-electron chi connectivity index (χ1n) is 5.55. The number of Topliss-reactive ketones (excluding diaryl/α,β-unsaturated/α-hetero) is 1. The van der Waals surface area contributed by atoms with Gasteiger partial charge in [0, 0.05) is 20.2 Å². The molecule has 0 fully saturated rings. The quantitative estimate of drug-likeness (QED) is 0.607. The molecule has 94 valence electrons. The minimum absolute atomic E-state index is 0.131. The molecule has 0 spiro atoms. The predicted molar refractivity (Wildman–Crippen MR) is 75.2 cm³/mol. The Bertz CT molecular complexity index is 558. The summed E-state index contributed by atoms with van der Waals surface area (Å²) in [6, 6.07) is 8.14. The fourth-order valence-corrected chi connectivity index (χ4v) is 3.39. The van der Waals surface area contributed by atoms with Crippen LogP contribution in [0.25, 0.3) is 0 Å². The molecular formula is C14H13FOS2. The summed E-state index contributed by atoms with van der Waals surface area (Å²) < 4.78 is 12.7. The minimum Gasteiger partial charge on any atom is -0.293 e. The zero-order chi connectivity index (χ0) is 13.1. The van der Waals surface area contributed by atoms with E-state index < -0.39 is 0 Å². The highest BCUT2D eigenvalue weighted by Crippen LogP contribution is 2.24. The van der Waals surface area contributed by atoms with E-state index >= 15 is 0 Å². The number of rotatable bonds is 4. The summed E-state index contributed by atoms with van der Waals surface area (Å²) in [5.74, 6) is 0.268. The van der Waals surface area contributed by atoms with E-state index in [1.807, 2.05) is 19.9 Å². The number of benzene rings is 1. The van der Waals surface area contributed by atoms with E-state index in [4.69, 9.17) is 0 Å². The summed E-state index contributed by atoms with van der Waals surface area (Å²) in [5.41, 5.74) is 0.812. The Morgan fingerprint density at radius 3 is 2.50 bits per heavy atom. The number of aryl methyl sites for hydroxylation is 2. The van der Waals surface area contributed by atoms with Gasteiger partial charge < -0.3 is 0 Å². The van der Waals surface area contributed by atoms with Crippen molar-refractivity contribution in [3.05, 3.63) is 51.5 Å². The van der Waals surface area contributed by atoms with E-state index in [2.05, 4.69) is 0 Å². The molecule has 0 aliphatic heterocycles. The van der Waals surface area contributed by atoms with Crippen LogP contribution >= 0.6 is 23.1 Å². The van der Waals surface area contributed by atoms with Crippen LogP contribution in [0, 0.1) is 19.7 Å². The van der Waals surface area contributed by atoms with E-state index in [1.54, 1.807) is 23.5 Å². The van der Waals surface area contributed by atoms with E-state index in [-0.39, 0.29) is 11.6 Å². The van der Waals surface area contributed by atoms with Crippen molar-refractivity contribution < 1.29 is 9.18 Å². The van der Waals surface area contributed by atoms with Crippen molar-refractivity contribution >= 4 is 28.9 Å². The van der Waals surface area contributed by atoms with Crippen molar-refractivity contribution in [3.63, 3.8) is 0 Å². The fraction of sp³-hybridized carbons (Fsp3) is 0.214. The van der Waals surface area contributed by atoms with Gasteiger partial charge in [0.05, 0.1) is 5.75 Å². The van der Waals surface area contributed by atoms with Crippen LogP contribution in [-0.2, 0) is 0 Å². The van der Waals surface area contributed by atoms with Gasteiger partial charge in [0.2, 0.25) is 0 Å². The molecule has 18 heavy (non-hydrogen) atoms. The smallest absolute Gasteiger partial charge is 0.174 e. The zero-order valence-corrected chi connectivity index (χ0v) is 11.8. The van der Waals surface area contributed by atoms with E-state index in [0.29, 0.717) is 5.75 Å². The molecule has 0 aliphatic carbocycles. The molecule has 1 aromatic carbocycles. The van der Waals surface area contributed by atoms with Gasteiger partial charge in [0.15, 0.2) is 5.78 Å². The van der Waals surface area contributed by atoms with Crippen LogP contribution in [0.5, 0.6) is 0 Å². The molecule has 0 amide bonds. The molecule has 0 atom stereocenters. The molecule has 0 bridgehead atoms. The molecule has 0 saturated carbocycles. The SMILES string of the molecule is Cc1cc(C(=O)CSc2ccc(F)cc2)c(C)s1. The van der Waals surface area contributed by atoms with E-state index in [9.17, 15) is 9.18 Å². The number of hydrogen-bond acceptors (Lipinski definition) is 3. The maximum atomic E-state index is 12.7. The van der Waals surface area contributed by atoms with Gasteiger partial charge in [-0.05, 0) is 44.2 Å². The van der Waals surface area contributed by atoms with Crippen LogP contribution in [-0.4, -0.2) is 11.5 Å². The van der Waals surface area contributed by atoms with Crippen LogP contribution in [0.3, 0.4) is 0 Å². The zero-order valence-electron chi connectivity index (χ0n) is 10.2. The molecule has 1 aromatic heterocycles. The Morgan fingerprint density at radius 2 is 1.94 bits per heavy atom. The van der Waals surface area contributed by atoms with E-state index in [1.165, 1.54) is 23.9 Å². The maximum absolute atomic E-state index is 12.7. The van der Waals surface area contributed by atoms with Crippen molar-refractivity contribution in [3.8, 4) is 0 Å². The van der Waals surface area contributed by atoms with Gasteiger partial charge in [0.25, 0.3) is 0 Å². The lowest BCUT2D eigenvalue weighted by molar-refractivity contribution is 0.102. The molecule has 2 rings (SSSR count). The van der Waals surface area contributed by atoms with Crippen LogP contribution in [0.15, 0.2) is 35.2 Å². The molecule has 0 saturated heterocycles. The minimum atomic E-state index is -0.255. The Kier molecular flexibility index (Phi) is 4.19. The second kappa shape index (κ2) is 5.67. The largest absolute Gasteiger partial charge is 0.293 e. The molecule has 1 nitrogen and oxygen atoms in total. The summed E-state index contributed by atoms with van der Waals surface area (Å²) >= 11 is 3.08. The topological polar surface area (TPSA) is 17.1 Å². The average molecular weight is 280 g/mol.